The number of aliphatic hydroxyl groups is 1. The third-order valence-corrected chi connectivity index (χ3v) is 3.82. The molecule has 2 atom stereocenters. The van der Waals surface area contributed by atoms with Gasteiger partial charge < -0.3 is 21.1 Å². The number of benzene rings is 1. The standard InChI is InChI=1S/C14H20N4O/c15-10-4-5-12-13(7-10)18-14(17-12)16-8-9-2-1-3-11(19)6-9/h4-5,7,9,11,19H,1-3,6,8,15H2,(H2,16,17,18). The summed E-state index contributed by atoms with van der Waals surface area (Å²) in [7, 11) is 0. The van der Waals surface area contributed by atoms with Gasteiger partial charge in [-0.1, -0.05) is 6.42 Å². The van der Waals surface area contributed by atoms with Crippen molar-refractivity contribution in [2.75, 3.05) is 17.6 Å². The van der Waals surface area contributed by atoms with Gasteiger partial charge in [0, 0.05) is 12.2 Å². The number of fused-ring (bicyclic) bond motifs is 1. The molecule has 1 aliphatic carbocycles. The number of rotatable bonds is 3. The quantitative estimate of drug-likeness (QED) is 0.637. The molecule has 5 N–H and O–H groups in total. The Bertz CT molecular complexity index is 566. The van der Waals surface area contributed by atoms with Gasteiger partial charge in [-0.15, -0.1) is 0 Å². The fourth-order valence-corrected chi connectivity index (χ4v) is 2.80. The molecule has 5 nitrogen and oxygen atoms in total. The van der Waals surface area contributed by atoms with Crippen LogP contribution in [0.5, 0.6) is 0 Å². The first-order valence-corrected chi connectivity index (χ1v) is 6.88. The molecule has 2 unspecified atom stereocenters. The first-order chi connectivity index (χ1) is 9.20. The van der Waals surface area contributed by atoms with Crippen molar-refractivity contribution in [2.24, 2.45) is 5.92 Å². The van der Waals surface area contributed by atoms with E-state index in [0.717, 1.165) is 48.5 Å². The van der Waals surface area contributed by atoms with Crippen molar-refractivity contribution < 1.29 is 5.11 Å². The van der Waals surface area contributed by atoms with Crippen LogP contribution in [0, 0.1) is 5.92 Å². The van der Waals surface area contributed by atoms with Crippen molar-refractivity contribution in [3.63, 3.8) is 0 Å². The third-order valence-electron chi connectivity index (χ3n) is 3.82. The molecule has 0 bridgehead atoms. The van der Waals surface area contributed by atoms with E-state index >= 15 is 0 Å². The van der Waals surface area contributed by atoms with Crippen molar-refractivity contribution in [3.8, 4) is 0 Å². The molecule has 0 amide bonds. The number of nitrogens with zero attached hydrogens (tertiary/aromatic N) is 1. The number of aromatic nitrogens is 2. The van der Waals surface area contributed by atoms with E-state index in [4.69, 9.17) is 5.73 Å². The molecule has 3 rings (SSSR count). The number of aromatic amines is 1. The summed E-state index contributed by atoms with van der Waals surface area (Å²) in [6.07, 6.45) is 4.00. The number of hydrogen-bond donors (Lipinski definition) is 4. The maximum atomic E-state index is 9.66. The number of H-pyrrole nitrogens is 1. The largest absolute Gasteiger partial charge is 0.399 e. The van der Waals surface area contributed by atoms with Gasteiger partial charge in [-0.3, -0.25) is 0 Å². The molecule has 0 radical (unpaired) electrons. The monoisotopic (exact) mass is 260 g/mol. The smallest absolute Gasteiger partial charge is 0.201 e. The van der Waals surface area contributed by atoms with Crippen molar-refractivity contribution in [1.29, 1.82) is 0 Å². The Labute approximate surface area is 112 Å². The molecule has 0 saturated heterocycles. The number of nitrogen functional groups attached to an aromatic ring is 1. The van der Waals surface area contributed by atoms with Crippen molar-refractivity contribution >= 4 is 22.7 Å². The molecule has 5 heteroatoms. The van der Waals surface area contributed by atoms with Crippen LogP contribution in [-0.4, -0.2) is 27.7 Å². The normalized spacial score (nSPS) is 23.6. The average Bonchev–Trinajstić information content (AvgIpc) is 2.78. The number of imidazole rings is 1. The second kappa shape index (κ2) is 5.09. The van der Waals surface area contributed by atoms with Crippen molar-refractivity contribution in [3.05, 3.63) is 18.2 Å². The van der Waals surface area contributed by atoms with Gasteiger partial charge >= 0.3 is 0 Å². The second-order valence-corrected chi connectivity index (χ2v) is 5.43. The van der Waals surface area contributed by atoms with E-state index in [2.05, 4.69) is 15.3 Å². The molecule has 1 aromatic carbocycles. The van der Waals surface area contributed by atoms with E-state index in [1.807, 2.05) is 18.2 Å². The number of nitrogens with one attached hydrogen (secondary N) is 2. The van der Waals surface area contributed by atoms with Gasteiger partial charge in [0.1, 0.15) is 0 Å². The zero-order valence-corrected chi connectivity index (χ0v) is 10.9. The first-order valence-electron chi connectivity index (χ1n) is 6.88. The van der Waals surface area contributed by atoms with Crippen LogP contribution in [-0.2, 0) is 0 Å². The summed E-state index contributed by atoms with van der Waals surface area (Å²) >= 11 is 0. The summed E-state index contributed by atoms with van der Waals surface area (Å²) in [5.41, 5.74) is 8.34. The highest BCUT2D eigenvalue weighted by molar-refractivity contribution is 5.80. The Hall–Kier alpha value is -1.75. The van der Waals surface area contributed by atoms with Gasteiger partial charge in [-0.05, 0) is 43.4 Å². The maximum absolute atomic E-state index is 9.66. The third kappa shape index (κ3) is 2.81. The molecule has 1 aliphatic rings. The summed E-state index contributed by atoms with van der Waals surface area (Å²) in [4.78, 5) is 7.70. The van der Waals surface area contributed by atoms with E-state index in [1.165, 1.54) is 6.42 Å². The Kier molecular flexibility index (Phi) is 3.29. The summed E-state index contributed by atoms with van der Waals surface area (Å²) in [5.74, 6) is 1.31. The van der Waals surface area contributed by atoms with E-state index in [9.17, 15) is 5.11 Å². The topological polar surface area (TPSA) is 87.0 Å². The lowest BCUT2D eigenvalue weighted by Crippen LogP contribution is -2.25. The molecule has 1 fully saturated rings. The zero-order valence-electron chi connectivity index (χ0n) is 10.9. The summed E-state index contributed by atoms with van der Waals surface area (Å²) in [6.45, 7) is 0.854. The highest BCUT2D eigenvalue weighted by Gasteiger charge is 2.20. The van der Waals surface area contributed by atoms with E-state index in [-0.39, 0.29) is 6.10 Å². The van der Waals surface area contributed by atoms with Crippen LogP contribution in [0.3, 0.4) is 0 Å². The number of aliphatic hydroxyl groups excluding tert-OH is 1. The SMILES string of the molecule is Nc1ccc2nc(NCC3CCCC(O)C3)[nH]c2c1. The fourth-order valence-electron chi connectivity index (χ4n) is 2.80. The molecule has 1 saturated carbocycles. The van der Waals surface area contributed by atoms with Crippen LogP contribution in [0.1, 0.15) is 25.7 Å². The summed E-state index contributed by atoms with van der Waals surface area (Å²) in [5, 5.41) is 13.0. The van der Waals surface area contributed by atoms with E-state index in [0.29, 0.717) is 5.92 Å². The maximum Gasteiger partial charge on any atom is 0.201 e. The predicted octanol–water partition coefficient (Wildman–Crippen LogP) is 2.11. The molecule has 1 aromatic heterocycles. The molecule has 2 aromatic rings. The minimum atomic E-state index is -0.129. The van der Waals surface area contributed by atoms with Crippen LogP contribution in [0.15, 0.2) is 18.2 Å². The molecule has 19 heavy (non-hydrogen) atoms. The highest BCUT2D eigenvalue weighted by Crippen LogP contribution is 2.24. The fraction of sp³-hybridized carbons (Fsp3) is 0.500. The zero-order chi connectivity index (χ0) is 13.2. The lowest BCUT2D eigenvalue weighted by molar-refractivity contribution is 0.104. The van der Waals surface area contributed by atoms with Gasteiger partial charge in [0.25, 0.3) is 0 Å². The number of anilines is 2. The predicted molar refractivity (Wildman–Crippen MR) is 77.0 cm³/mol. The second-order valence-electron chi connectivity index (χ2n) is 5.43. The van der Waals surface area contributed by atoms with Gasteiger partial charge in [0.15, 0.2) is 0 Å². The molecule has 102 valence electrons. The van der Waals surface area contributed by atoms with Crippen LogP contribution in [0.4, 0.5) is 11.6 Å². The van der Waals surface area contributed by atoms with E-state index < -0.39 is 0 Å². The highest BCUT2D eigenvalue weighted by atomic mass is 16.3. The van der Waals surface area contributed by atoms with Crippen molar-refractivity contribution in [1.82, 2.24) is 9.97 Å². The van der Waals surface area contributed by atoms with Gasteiger partial charge in [0.2, 0.25) is 5.95 Å². The molecular weight excluding hydrogens is 240 g/mol. The number of nitrogens with two attached hydrogens (primary N) is 1. The number of hydrogen-bond acceptors (Lipinski definition) is 4. The Morgan fingerprint density at radius 2 is 2.32 bits per heavy atom. The lowest BCUT2D eigenvalue weighted by atomic mass is 9.87. The van der Waals surface area contributed by atoms with Gasteiger partial charge in [-0.2, -0.15) is 0 Å². The van der Waals surface area contributed by atoms with Gasteiger partial charge in [-0.25, -0.2) is 4.98 Å². The Morgan fingerprint density at radius 1 is 1.42 bits per heavy atom. The summed E-state index contributed by atoms with van der Waals surface area (Å²) in [6, 6.07) is 5.65. The van der Waals surface area contributed by atoms with Crippen LogP contribution in [0.25, 0.3) is 11.0 Å². The van der Waals surface area contributed by atoms with Crippen LogP contribution < -0.4 is 11.1 Å². The average molecular weight is 260 g/mol. The van der Waals surface area contributed by atoms with Crippen LogP contribution >= 0.6 is 0 Å². The first kappa shape index (κ1) is 12.3. The van der Waals surface area contributed by atoms with Crippen molar-refractivity contribution in [2.45, 2.75) is 31.8 Å². The minimum Gasteiger partial charge on any atom is -0.399 e. The molecular formula is C14H20N4O. The van der Waals surface area contributed by atoms with Gasteiger partial charge in [0.05, 0.1) is 17.1 Å². The molecule has 0 aliphatic heterocycles. The molecule has 0 spiro atoms. The summed E-state index contributed by atoms with van der Waals surface area (Å²) < 4.78 is 0. The minimum absolute atomic E-state index is 0.129. The Balaban J connectivity index is 1.65. The van der Waals surface area contributed by atoms with Crippen LogP contribution in [0.2, 0.25) is 0 Å². The lowest BCUT2D eigenvalue weighted by Gasteiger charge is -2.25. The molecule has 1 heterocycles. The van der Waals surface area contributed by atoms with E-state index in [1.54, 1.807) is 0 Å². The Morgan fingerprint density at radius 3 is 3.16 bits per heavy atom.